The molecule has 5 nitrogen and oxygen atoms in total. The van der Waals surface area contributed by atoms with Crippen LogP contribution in [0.15, 0.2) is 54.6 Å². The number of nitrogen functional groups attached to an aromatic ring is 1. The van der Waals surface area contributed by atoms with E-state index in [4.69, 9.17) is 5.73 Å². The maximum atomic E-state index is 5.70. The topological polar surface area (TPSA) is 69.6 Å². The molecule has 3 aromatic rings. The minimum Gasteiger partial charge on any atom is -0.399 e. The highest BCUT2D eigenvalue weighted by molar-refractivity contribution is 5.53. The maximum absolute atomic E-state index is 5.70. The van der Waals surface area contributed by atoms with Gasteiger partial charge in [0.2, 0.25) is 5.82 Å². The second-order valence-electron chi connectivity index (χ2n) is 4.64. The van der Waals surface area contributed by atoms with Crippen molar-refractivity contribution in [3.63, 3.8) is 0 Å². The smallest absolute Gasteiger partial charge is 0.204 e. The van der Waals surface area contributed by atoms with Gasteiger partial charge >= 0.3 is 0 Å². The van der Waals surface area contributed by atoms with Crippen molar-refractivity contribution in [2.75, 3.05) is 5.73 Å². The predicted molar refractivity (Wildman–Crippen MR) is 77.9 cm³/mol. The third kappa shape index (κ3) is 2.38. The van der Waals surface area contributed by atoms with Crippen LogP contribution in [0.2, 0.25) is 0 Å². The highest BCUT2D eigenvalue weighted by Gasteiger charge is 2.12. The van der Waals surface area contributed by atoms with Gasteiger partial charge in [0.25, 0.3) is 0 Å². The van der Waals surface area contributed by atoms with Crippen LogP contribution in [0, 0.1) is 0 Å². The van der Waals surface area contributed by atoms with E-state index < -0.39 is 0 Å². The molecule has 20 heavy (non-hydrogen) atoms. The quantitative estimate of drug-likeness (QED) is 0.739. The van der Waals surface area contributed by atoms with Gasteiger partial charge in [-0.3, -0.25) is 0 Å². The zero-order valence-electron chi connectivity index (χ0n) is 11.1. The first-order valence-corrected chi connectivity index (χ1v) is 6.44. The normalized spacial score (nSPS) is 12.2. The van der Waals surface area contributed by atoms with E-state index in [0.717, 1.165) is 16.8 Å². The zero-order chi connectivity index (χ0) is 13.9. The van der Waals surface area contributed by atoms with Crippen molar-refractivity contribution in [3.05, 3.63) is 60.2 Å². The second-order valence-corrected chi connectivity index (χ2v) is 4.64. The van der Waals surface area contributed by atoms with Crippen LogP contribution >= 0.6 is 0 Å². The Kier molecular flexibility index (Phi) is 3.16. The average Bonchev–Trinajstić information content (AvgIpc) is 2.98. The van der Waals surface area contributed by atoms with Gasteiger partial charge in [-0.05, 0) is 29.8 Å². The van der Waals surface area contributed by atoms with Gasteiger partial charge in [0.05, 0.1) is 6.04 Å². The number of nitrogens with two attached hydrogens (primary N) is 1. The van der Waals surface area contributed by atoms with Crippen molar-refractivity contribution >= 4 is 5.69 Å². The molecular weight excluding hydrogens is 250 g/mol. The Morgan fingerprint density at radius 1 is 1.00 bits per heavy atom. The lowest BCUT2D eigenvalue weighted by atomic mass is 10.1. The molecule has 5 heteroatoms. The van der Waals surface area contributed by atoms with Crippen molar-refractivity contribution in [3.8, 4) is 11.4 Å². The van der Waals surface area contributed by atoms with Gasteiger partial charge in [-0.2, -0.15) is 4.80 Å². The summed E-state index contributed by atoms with van der Waals surface area (Å²) in [6.45, 7) is 2.03. The molecule has 0 saturated carbocycles. The van der Waals surface area contributed by atoms with Gasteiger partial charge < -0.3 is 5.73 Å². The first-order valence-electron chi connectivity index (χ1n) is 6.44. The first kappa shape index (κ1) is 12.3. The Bertz CT molecular complexity index is 688. The fraction of sp³-hybridized carbons (Fsp3) is 0.133. The van der Waals surface area contributed by atoms with Crippen molar-refractivity contribution < 1.29 is 0 Å². The molecule has 0 saturated heterocycles. The van der Waals surface area contributed by atoms with Gasteiger partial charge in [0.1, 0.15) is 0 Å². The number of hydrogen-bond acceptors (Lipinski definition) is 4. The van der Waals surface area contributed by atoms with E-state index in [-0.39, 0.29) is 6.04 Å². The monoisotopic (exact) mass is 265 g/mol. The molecule has 0 bridgehead atoms. The Hall–Kier alpha value is -2.69. The molecule has 1 unspecified atom stereocenters. The van der Waals surface area contributed by atoms with Crippen LogP contribution < -0.4 is 5.73 Å². The molecule has 1 aromatic heterocycles. The van der Waals surface area contributed by atoms with E-state index in [1.165, 1.54) is 0 Å². The number of benzene rings is 2. The molecule has 0 aliphatic rings. The lowest BCUT2D eigenvalue weighted by Gasteiger charge is -2.09. The largest absolute Gasteiger partial charge is 0.399 e. The van der Waals surface area contributed by atoms with Crippen molar-refractivity contribution in [2.24, 2.45) is 0 Å². The molecule has 1 atom stereocenters. The molecule has 0 amide bonds. The molecule has 0 fully saturated rings. The zero-order valence-corrected chi connectivity index (χ0v) is 11.1. The molecule has 0 aliphatic heterocycles. The number of tetrazole rings is 1. The summed E-state index contributed by atoms with van der Waals surface area (Å²) in [5, 5.41) is 12.7. The van der Waals surface area contributed by atoms with Gasteiger partial charge in [0.15, 0.2) is 0 Å². The molecule has 3 rings (SSSR count). The average molecular weight is 265 g/mol. The minimum atomic E-state index is 0.0144. The number of rotatable bonds is 3. The summed E-state index contributed by atoms with van der Waals surface area (Å²) in [6, 6.07) is 17.5. The fourth-order valence-electron chi connectivity index (χ4n) is 2.00. The lowest BCUT2D eigenvalue weighted by molar-refractivity contribution is 0.481. The van der Waals surface area contributed by atoms with Crippen molar-refractivity contribution in [1.29, 1.82) is 0 Å². The summed E-state index contributed by atoms with van der Waals surface area (Å²) in [7, 11) is 0. The van der Waals surface area contributed by atoms with Gasteiger partial charge in [-0.25, -0.2) is 0 Å². The molecule has 0 radical (unpaired) electrons. The van der Waals surface area contributed by atoms with Crippen molar-refractivity contribution in [2.45, 2.75) is 13.0 Å². The summed E-state index contributed by atoms with van der Waals surface area (Å²) >= 11 is 0. The summed E-state index contributed by atoms with van der Waals surface area (Å²) in [4.78, 5) is 1.62. The molecule has 0 spiro atoms. The summed E-state index contributed by atoms with van der Waals surface area (Å²) < 4.78 is 0. The van der Waals surface area contributed by atoms with E-state index in [0.29, 0.717) is 5.82 Å². The van der Waals surface area contributed by atoms with Crippen LogP contribution in [-0.4, -0.2) is 20.2 Å². The van der Waals surface area contributed by atoms with Crippen LogP contribution in [0.4, 0.5) is 5.69 Å². The third-order valence-electron chi connectivity index (χ3n) is 3.23. The first-order chi connectivity index (χ1) is 9.74. The number of anilines is 1. The van der Waals surface area contributed by atoms with E-state index in [9.17, 15) is 0 Å². The fourth-order valence-corrected chi connectivity index (χ4v) is 2.00. The van der Waals surface area contributed by atoms with Crippen LogP contribution in [0.25, 0.3) is 11.4 Å². The summed E-state index contributed by atoms with van der Waals surface area (Å²) in [5.74, 6) is 0.632. The molecule has 2 aromatic carbocycles. The van der Waals surface area contributed by atoms with Gasteiger partial charge in [0, 0.05) is 11.3 Å². The third-order valence-corrected chi connectivity index (χ3v) is 3.23. The summed E-state index contributed by atoms with van der Waals surface area (Å²) in [6.07, 6.45) is 0. The lowest BCUT2D eigenvalue weighted by Crippen LogP contribution is -2.10. The standard InChI is InChI=1S/C15H15N5/c1-11(12-7-9-14(16)10-8-12)20-18-15(17-19-20)13-5-3-2-4-6-13/h2-11H,16H2,1H3. The van der Waals surface area contributed by atoms with E-state index in [1.54, 1.807) is 4.80 Å². The van der Waals surface area contributed by atoms with E-state index >= 15 is 0 Å². The molecule has 2 N–H and O–H groups in total. The second kappa shape index (κ2) is 5.13. The molecule has 100 valence electrons. The Morgan fingerprint density at radius 3 is 2.40 bits per heavy atom. The Labute approximate surface area is 117 Å². The Morgan fingerprint density at radius 2 is 1.70 bits per heavy atom. The van der Waals surface area contributed by atoms with Crippen molar-refractivity contribution in [1.82, 2.24) is 20.2 Å². The SMILES string of the molecule is CC(c1ccc(N)cc1)n1nnc(-c2ccccc2)n1. The maximum Gasteiger partial charge on any atom is 0.204 e. The van der Waals surface area contributed by atoms with Crippen LogP contribution in [0.5, 0.6) is 0 Å². The van der Waals surface area contributed by atoms with E-state index in [2.05, 4.69) is 15.4 Å². The highest BCUT2D eigenvalue weighted by Crippen LogP contribution is 2.19. The van der Waals surface area contributed by atoms with E-state index in [1.807, 2.05) is 61.5 Å². The summed E-state index contributed by atoms with van der Waals surface area (Å²) in [5.41, 5.74) is 8.50. The van der Waals surface area contributed by atoms with Gasteiger partial charge in [-0.15, -0.1) is 10.2 Å². The number of hydrogen-bond donors (Lipinski definition) is 1. The van der Waals surface area contributed by atoms with Crippen LogP contribution in [-0.2, 0) is 0 Å². The number of nitrogens with zero attached hydrogens (tertiary/aromatic N) is 4. The Balaban J connectivity index is 1.88. The van der Waals surface area contributed by atoms with Crippen LogP contribution in [0.3, 0.4) is 0 Å². The van der Waals surface area contributed by atoms with Crippen LogP contribution in [0.1, 0.15) is 18.5 Å². The highest BCUT2D eigenvalue weighted by atomic mass is 15.6. The predicted octanol–water partition coefficient (Wildman–Crippen LogP) is 2.53. The molecule has 0 aliphatic carbocycles. The molecular formula is C15H15N5. The number of aromatic nitrogens is 4. The minimum absolute atomic E-state index is 0.0144. The van der Waals surface area contributed by atoms with Gasteiger partial charge in [-0.1, -0.05) is 42.5 Å². The molecule has 1 heterocycles.